The van der Waals surface area contributed by atoms with Gasteiger partial charge in [-0.25, -0.2) is 0 Å². The molecule has 0 unspecified atom stereocenters. The number of likely N-dealkylation sites (tertiary alicyclic amines) is 2. The third-order valence-corrected chi connectivity index (χ3v) is 5.56. The van der Waals surface area contributed by atoms with Crippen LogP contribution in [0.4, 0.5) is 0 Å². The average molecular weight is 326 g/mol. The predicted molar refractivity (Wildman–Crippen MR) is 91.4 cm³/mol. The van der Waals surface area contributed by atoms with E-state index in [-0.39, 0.29) is 0 Å². The number of carbonyl (C=O) groups is 1. The number of ether oxygens (including phenoxy) is 2. The summed E-state index contributed by atoms with van der Waals surface area (Å²) >= 11 is 0. The molecule has 2 saturated heterocycles. The Bertz CT molecular complexity index is 378. The summed E-state index contributed by atoms with van der Waals surface area (Å²) < 4.78 is 10.7. The number of nitrogens with zero attached hydrogens (tertiary/aromatic N) is 2. The van der Waals surface area contributed by atoms with E-state index >= 15 is 0 Å². The molecule has 1 atom stereocenters. The van der Waals surface area contributed by atoms with Crippen LogP contribution in [0.25, 0.3) is 0 Å². The van der Waals surface area contributed by atoms with E-state index in [1.54, 1.807) is 14.2 Å². The van der Waals surface area contributed by atoms with E-state index in [1.807, 2.05) is 0 Å². The quantitative estimate of drug-likeness (QED) is 0.716. The van der Waals surface area contributed by atoms with Crippen molar-refractivity contribution in [3.05, 3.63) is 0 Å². The van der Waals surface area contributed by atoms with Crippen molar-refractivity contribution in [2.24, 2.45) is 17.3 Å². The second kappa shape index (κ2) is 8.45. The molecule has 0 aromatic carbocycles. The highest BCUT2D eigenvalue weighted by Crippen LogP contribution is 2.44. The van der Waals surface area contributed by atoms with Crippen molar-refractivity contribution < 1.29 is 14.3 Å². The normalized spacial score (nSPS) is 24.7. The van der Waals surface area contributed by atoms with Crippen LogP contribution in [0.5, 0.6) is 0 Å². The van der Waals surface area contributed by atoms with Crippen LogP contribution in [0.1, 0.15) is 33.1 Å². The van der Waals surface area contributed by atoms with Crippen molar-refractivity contribution in [2.75, 3.05) is 60.2 Å². The Labute approximate surface area is 141 Å². The van der Waals surface area contributed by atoms with E-state index < -0.39 is 0 Å². The molecule has 2 rings (SSSR count). The molecule has 1 spiro atoms. The molecule has 5 nitrogen and oxygen atoms in total. The fourth-order valence-corrected chi connectivity index (χ4v) is 4.21. The van der Waals surface area contributed by atoms with Crippen LogP contribution in [0.2, 0.25) is 0 Å². The third kappa shape index (κ3) is 4.68. The summed E-state index contributed by atoms with van der Waals surface area (Å²) in [6.45, 7) is 10.9. The second-order valence-electron chi connectivity index (χ2n) is 7.72. The average Bonchev–Trinajstić information content (AvgIpc) is 2.83. The largest absolute Gasteiger partial charge is 0.384 e. The Hall–Kier alpha value is -0.650. The number of rotatable bonds is 7. The van der Waals surface area contributed by atoms with Gasteiger partial charge in [-0.2, -0.15) is 0 Å². The molecular weight excluding hydrogens is 292 g/mol. The van der Waals surface area contributed by atoms with Crippen molar-refractivity contribution in [3.8, 4) is 0 Å². The van der Waals surface area contributed by atoms with Crippen LogP contribution in [0.15, 0.2) is 0 Å². The summed E-state index contributed by atoms with van der Waals surface area (Å²) in [6, 6.07) is 0. The summed E-state index contributed by atoms with van der Waals surface area (Å²) in [6.07, 6.45) is 2.89. The van der Waals surface area contributed by atoms with Crippen molar-refractivity contribution >= 4 is 5.91 Å². The second-order valence-corrected chi connectivity index (χ2v) is 7.72. The summed E-state index contributed by atoms with van der Waals surface area (Å²) in [5.41, 5.74) is 0.318. The summed E-state index contributed by atoms with van der Waals surface area (Å²) in [4.78, 5) is 16.9. The first-order valence-electron chi connectivity index (χ1n) is 8.99. The zero-order valence-electron chi connectivity index (χ0n) is 15.3. The Balaban J connectivity index is 1.94. The van der Waals surface area contributed by atoms with Gasteiger partial charge in [0.25, 0.3) is 0 Å². The fourth-order valence-electron chi connectivity index (χ4n) is 4.21. The van der Waals surface area contributed by atoms with Crippen LogP contribution in [0.3, 0.4) is 0 Å². The minimum Gasteiger partial charge on any atom is -0.384 e. The van der Waals surface area contributed by atoms with Crippen LogP contribution in [-0.4, -0.2) is 75.9 Å². The van der Waals surface area contributed by atoms with E-state index in [4.69, 9.17) is 9.47 Å². The van der Waals surface area contributed by atoms with Crippen molar-refractivity contribution in [2.45, 2.75) is 33.1 Å². The van der Waals surface area contributed by atoms with Gasteiger partial charge in [-0.1, -0.05) is 13.8 Å². The Morgan fingerprint density at radius 3 is 2.48 bits per heavy atom. The van der Waals surface area contributed by atoms with E-state index in [1.165, 1.54) is 0 Å². The third-order valence-electron chi connectivity index (χ3n) is 5.56. The minimum absolute atomic E-state index is 0.318. The number of methoxy groups -OCH3 is 2. The number of hydrogen-bond donors (Lipinski definition) is 0. The van der Waals surface area contributed by atoms with Crippen molar-refractivity contribution in [1.29, 1.82) is 0 Å². The SMILES string of the molecule is COCCN1C[C@@H](COC)C2(CCN(C(=O)CC(C)C)CC2)C1. The van der Waals surface area contributed by atoms with Gasteiger partial charge in [0, 0.05) is 59.3 Å². The van der Waals surface area contributed by atoms with Crippen molar-refractivity contribution in [1.82, 2.24) is 9.80 Å². The van der Waals surface area contributed by atoms with Gasteiger partial charge < -0.3 is 19.3 Å². The number of carbonyl (C=O) groups excluding carboxylic acids is 1. The smallest absolute Gasteiger partial charge is 0.222 e. The summed E-state index contributed by atoms with van der Waals surface area (Å²) in [5, 5.41) is 0. The highest BCUT2D eigenvalue weighted by Gasteiger charge is 2.48. The lowest BCUT2D eigenvalue weighted by Gasteiger charge is -2.42. The molecule has 0 bridgehead atoms. The maximum Gasteiger partial charge on any atom is 0.222 e. The molecule has 2 aliphatic heterocycles. The topological polar surface area (TPSA) is 42.0 Å². The molecule has 2 aliphatic rings. The summed E-state index contributed by atoms with van der Waals surface area (Å²) in [5.74, 6) is 1.34. The first kappa shape index (κ1) is 18.7. The first-order chi connectivity index (χ1) is 11.0. The molecular formula is C18H34N2O3. The molecule has 1 amide bonds. The van der Waals surface area contributed by atoms with Gasteiger partial charge in [-0.3, -0.25) is 4.79 Å². The maximum atomic E-state index is 12.3. The van der Waals surface area contributed by atoms with Crippen LogP contribution < -0.4 is 0 Å². The van der Waals surface area contributed by atoms with Crippen LogP contribution >= 0.6 is 0 Å². The molecule has 0 N–H and O–H groups in total. The van der Waals surface area contributed by atoms with Gasteiger partial charge in [0.2, 0.25) is 5.91 Å². The molecule has 0 saturated carbocycles. The molecule has 0 aliphatic carbocycles. The van der Waals surface area contributed by atoms with Gasteiger partial charge in [-0.05, 0) is 24.2 Å². The highest BCUT2D eigenvalue weighted by molar-refractivity contribution is 5.76. The lowest BCUT2D eigenvalue weighted by molar-refractivity contribution is -0.134. The number of hydrogen-bond acceptors (Lipinski definition) is 4. The predicted octanol–water partition coefficient (Wildman–Crippen LogP) is 1.87. The molecule has 2 fully saturated rings. The Morgan fingerprint density at radius 2 is 1.91 bits per heavy atom. The zero-order chi connectivity index (χ0) is 16.9. The highest BCUT2D eigenvalue weighted by atomic mass is 16.5. The monoisotopic (exact) mass is 326 g/mol. The molecule has 0 aromatic rings. The maximum absolute atomic E-state index is 12.3. The van der Waals surface area contributed by atoms with Gasteiger partial charge in [0.1, 0.15) is 0 Å². The van der Waals surface area contributed by atoms with E-state index in [9.17, 15) is 4.79 Å². The molecule has 0 aromatic heterocycles. The van der Waals surface area contributed by atoms with E-state index in [0.29, 0.717) is 29.6 Å². The molecule has 5 heteroatoms. The molecule has 2 heterocycles. The van der Waals surface area contributed by atoms with Gasteiger partial charge >= 0.3 is 0 Å². The molecule has 23 heavy (non-hydrogen) atoms. The Morgan fingerprint density at radius 1 is 1.22 bits per heavy atom. The van der Waals surface area contributed by atoms with Crippen molar-refractivity contribution in [3.63, 3.8) is 0 Å². The number of amides is 1. The van der Waals surface area contributed by atoms with Gasteiger partial charge in [0.15, 0.2) is 0 Å². The van der Waals surface area contributed by atoms with E-state index in [2.05, 4.69) is 23.6 Å². The molecule has 0 radical (unpaired) electrons. The van der Waals surface area contributed by atoms with Gasteiger partial charge in [0.05, 0.1) is 13.2 Å². The minimum atomic E-state index is 0.318. The molecule has 134 valence electrons. The number of piperidine rings is 1. The zero-order valence-corrected chi connectivity index (χ0v) is 15.3. The fraction of sp³-hybridized carbons (Fsp3) is 0.944. The van der Waals surface area contributed by atoms with E-state index in [0.717, 1.165) is 58.8 Å². The van der Waals surface area contributed by atoms with Crippen LogP contribution in [0, 0.1) is 17.3 Å². The first-order valence-corrected chi connectivity index (χ1v) is 8.99. The Kier molecular flexibility index (Phi) is 6.86. The van der Waals surface area contributed by atoms with Crippen LogP contribution in [-0.2, 0) is 14.3 Å². The standard InChI is InChI=1S/C18H34N2O3/c1-15(2)11-17(21)20-7-5-18(6-8-20)14-19(9-10-22-3)12-16(18)13-23-4/h15-16H,5-14H2,1-4H3/t16-/m0/s1. The van der Waals surface area contributed by atoms with Gasteiger partial charge in [-0.15, -0.1) is 0 Å². The lowest BCUT2D eigenvalue weighted by Crippen LogP contribution is -2.47. The lowest BCUT2D eigenvalue weighted by atomic mass is 9.71. The summed E-state index contributed by atoms with van der Waals surface area (Å²) in [7, 11) is 3.56.